The van der Waals surface area contributed by atoms with Gasteiger partial charge >= 0.3 is 0 Å². The van der Waals surface area contributed by atoms with Crippen molar-refractivity contribution in [2.75, 3.05) is 13.6 Å². The molecule has 1 heterocycles. The predicted octanol–water partition coefficient (Wildman–Crippen LogP) is 2.63. The van der Waals surface area contributed by atoms with Crippen molar-refractivity contribution in [1.82, 2.24) is 10.3 Å². The van der Waals surface area contributed by atoms with Gasteiger partial charge in [-0.05, 0) is 56.9 Å². The van der Waals surface area contributed by atoms with Crippen LogP contribution in [0.15, 0.2) is 5.38 Å². The number of hydrogen-bond donors (Lipinski definition) is 1. The van der Waals surface area contributed by atoms with E-state index in [2.05, 4.69) is 29.7 Å². The van der Waals surface area contributed by atoms with Crippen molar-refractivity contribution < 1.29 is 0 Å². The van der Waals surface area contributed by atoms with Gasteiger partial charge in [0.15, 0.2) is 0 Å². The minimum Gasteiger partial charge on any atom is -0.319 e. The average Bonchev–Trinajstić information content (AvgIpc) is 2.67. The molecule has 2 unspecified atom stereocenters. The Bertz CT molecular complexity index is 375. The highest BCUT2D eigenvalue weighted by Gasteiger charge is 2.53. The predicted molar refractivity (Wildman–Crippen MR) is 67.7 cm³/mol. The molecule has 2 atom stereocenters. The molecular weight excluding hydrogens is 216 g/mol. The van der Waals surface area contributed by atoms with Gasteiger partial charge in [0.05, 0.1) is 10.7 Å². The SMILES string of the molecule is CNCC1(Cc2csc(C)n2)CC2CC2C1. The third kappa shape index (κ3) is 1.91. The molecule has 2 aliphatic carbocycles. The summed E-state index contributed by atoms with van der Waals surface area (Å²) in [5, 5.41) is 6.85. The Morgan fingerprint density at radius 3 is 2.81 bits per heavy atom. The first-order valence-corrected chi connectivity index (χ1v) is 7.14. The Morgan fingerprint density at radius 2 is 2.25 bits per heavy atom. The van der Waals surface area contributed by atoms with Crippen LogP contribution < -0.4 is 5.32 Å². The fourth-order valence-electron chi connectivity index (χ4n) is 3.61. The molecule has 1 aromatic heterocycles. The number of thiazole rings is 1. The summed E-state index contributed by atoms with van der Waals surface area (Å²) < 4.78 is 0. The van der Waals surface area contributed by atoms with Crippen LogP contribution in [0.5, 0.6) is 0 Å². The van der Waals surface area contributed by atoms with Gasteiger partial charge in [-0.15, -0.1) is 11.3 Å². The molecule has 2 aliphatic rings. The largest absolute Gasteiger partial charge is 0.319 e. The monoisotopic (exact) mass is 236 g/mol. The normalized spacial score (nSPS) is 36.4. The molecule has 0 radical (unpaired) electrons. The van der Waals surface area contributed by atoms with Gasteiger partial charge in [-0.25, -0.2) is 4.98 Å². The van der Waals surface area contributed by atoms with Crippen LogP contribution in [0.4, 0.5) is 0 Å². The van der Waals surface area contributed by atoms with Crippen molar-refractivity contribution in [3.05, 3.63) is 16.1 Å². The minimum atomic E-state index is 0.517. The maximum atomic E-state index is 4.63. The Hall–Kier alpha value is -0.410. The van der Waals surface area contributed by atoms with Crippen LogP contribution in [0.3, 0.4) is 0 Å². The first kappa shape index (κ1) is 10.7. The van der Waals surface area contributed by atoms with E-state index in [1.807, 2.05) is 0 Å². The quantitative estimate of drug-likeness (QED) is 0.869. The van der Waals surface area contributed by atoms with E-state index < -0.39 is 0 Å². The van der Waals surface area contributed by atoms with E-state index in [1.54, 1.807) is 11.3 Å². The summed E-state index contributed by atoms with van der Waals surface area (Å²) in [6.07, 6.45) is 5.54. The van der Waals surface area contributed by atoms with Gasteiger partial charge in [0.2, 0.25) is 0 Å². The molecule has 3 rings (SSSR count). The highest BCUT2D eigenvalue weighted by molar-refractivity contribution is 7.09. The van der Waals surface area contributed by atoms with E-state index in [0.29, 0.717) is 5.41 Å². The number of fused-ring (bicyclic) bond motifs is 1. The highest BCUT2D eigenvalue weighted by atomic mass is 32.1. The van der Waals surface area contributed by atoms with E-state index in [-0.39, 0.29) is 0 Å². The van der Waals surface area contributed by atoms with Crippen LogP contribution in [-0.4, -0.2) is 18.6 Å². The summed E-state index contributed by atoms with van der Waals surface area (Å²) in [5.74, 6) is 2.10. The van der Waals surface area contributed by atoms with E-state index >= 15 is 0 Å². The zero-order valence-corrected chi connectivity index (χ0v) is 10.9. The Morgan fingerprint density at radius 1 is 1.50 bits per heavy atom. The second-order valence-corrected chi connectivity index (χ2v) is 6.79. The maximum absolute atomic E-state index is 4.63. The van der Waals surface area contributed by atoms with Crippen LogP contribution in [-0.2, 0) is 6.42 Å². The van der Waals surface area contributed by atoms with E-state index in [1.165, 1.54) is 36.4 Å². The molecule has 2 fully saturated rings. The molecule has 88 valence electrons. The van der Waals surface area contributed by atoms with Gasteiger partial charge < -0.3 is 5.32 Å². The molecule has 0 amide bonds. The van der Waals surface area contributed by atoms with Crippen molar-refractivity contribution >= 4 is 11.3 Å². The molecule has 0 saturated heterocycles. The number of nitrogens with one attached hydrogen (secondary N) is 1. The minimum absolute atomic E-state index is 0.517. The summed E-state index contributed by atoms with van der Waals surface area (Å²) in [6.45, 7) is 3.27. The van der Waals surface area contributed by atoms with Crippen LogP contribution in [0.1, 0.15) is 30.0 Å². The maximum Gasteiger partial charge on any atom is 0.0897 e. The lowest BCUT2D eigenvalue weighted by Crippen LogP contribution is -2.33. The number of aryl methyl sites for hydroxylation is 1. The van der Waals surface area contributed by atoms with Gasteiger partial charge in [0.25, 0.3) is 0 Å². The topological polar surface area (TPSA) is 24.9 Å². The third-order valence-corrected chi connectivity index (χ3v) is 5.06. The Labute approximate surface area is 101 Å². The van der Waals surface area contributed by atoms with Gasteiger partial charge in [-0.3, -0.25) is 0 Å². The second kappa shape index (κ2) is 3.81. The fraction of sp³-hybridized carbons (Fsp3) is 0.769. The molecule has 0 aliphatic heterocycles. The Kier molecular flexibility index (Phi) is 2.55. The number of hydrogen-bond acceptors (Lipinski definition) is 3. The molecule has 1 N–H and O–H groups in total. The fourth-order valence-corrected chi connectivity index (χ4v) is 4.22. The molecule has 1 aromatic rings. The van der Waals surface area contributed by atoms with Crippen LogP contribution in [0.2, 0.25) is 0 Å². The smallest absolute Gasteiger partial charge is 0.0897 e. The number of aromatic nitrogens is 1. The average molecular weight is 236 g/mol. The number of nitrogens with zero attached hydrogens (tertiary/aromatic N) is 1. The summed E-state index contributed by atoms with van der Waals surface area (Å²) >= 11 is 1.79. The standard InChI is InChI=1S/C13H20N2S/c1-9-15-12(7-16-9)6-13(8-14-2)4-10-3-11(10)5-13/h7,10-11,14H,3-6,8H2,1-2H3. The van der Waals surface area contributed by atoms with Gasteiger partial charge in [0.1, 0.15) is 0 Å². The van der Waals surface area contributed by atoms with Crippen molar-refractivity contribution in [3.63, 3.8) is 0 Å². The van der Waals surface area contributed by atoms with E-state index in [4.69, 9.17) is 0 Å². The summed E-state index contributed by atoms with van der Waals surface area (Å²) in [5.41, 5.74) is 1.84. The summed E-state index contributed by atoms with van der Waals surface area (Å²) in [7, 11) is 2.08. The van der Waals surface area contributed by atoms with E-state index in [9.17, 15) is 0 Å². The molecule has 16 heavy (non-hydrogen) atoms. The van der Waals surface area contributed by atoms with Crippen molar-refractivity contribution in [2.24, 2.45) is 17.3 Å². The van der Waals surface area contributed by atoms with Gasteiger partial charge in [-0.1, -0.05) is 0 Å². The molecule has 2 nitrogen and oxygen atoms in total. The molecule has 3 heteroatoms. The van der Waals surface area contributed by atoms with Crippen molar-refractivity contribution in [2.45, 2.75) is 32.6 Å². The third-order valence-electron chi connectivity index (χ3n) is 4.23. The second-order valence-electron chi connectivity index (χ2n) is 5.73. The molecular formula is C13H20N2S. The van der Waals surface area contributed by atoms with Crippen LogP contribution in [0, 0.1) is 24.2 Å². The van der Waals surface area contributed by atoms with Gasteiger partial charge in [0, 0.05) is 11.9 Å². The first-order valence-electron chi connectivity index (χ1n) is 6.26. The van der Waals surface area contributed by atoms with E-state index in [0.717, 1.165) is 18.4 Å². The van der Waals surface area contributed by atoms with Crippen LogP contribution in [0.25, 0.3) is 0 Å². The zero-order valence-electron chi connectivity index (χ0n) is 10.1. The zero-order chi connectivity index (χ0) is 11.2. The molecule has 0 bridgehead atoms. The van der Waals surface area contributed by atoms with Gasteiger partial charge in [-0.2, -0.15) is 0 Å². The lowest BCUT2D eigenvalue weighted by atomic mass is 9.79. The highest BCUT2D eigenvalue weighted by Crippen LogP contribution is 2.60. The molecule has 0 aromatic carbocycles. The van der Waals surface area contributed by atoms with Crippen LogP contribution >= 0.6 is 11.3 Å². The summed E-state index contributed by atoms with van der Waals surface area (Å²) in [4.78, 5) is 4.63. The molecule has 2 saturated carbocycles. The van der Waals surface area contributed by atoms with Crippen molar-refractivity contribution in [1.29, 1.82) is 0 Å². The Balaban J connectivity index is 1.74. The first-order chi connectivity index (χ1) is 7.71. The lowest BCUT2D eigenvalue weighted by Gasteiger charge is -2.30. The van der Waals surface area contributed by atoms with Crippen molar-refractivity contribution in [3.8, 4) is 0 Å². The lowest BCUT2D eigenvalue weighted by molar-refractivity contribution is 0.253. The summed E-state index contributed by atoms with van der Waals surface area (Å²) in [6, 6.07) is 0. The molecule has 0 spiro atoms. The number of rotatable bonds is 4.